The number of anilines is 2. The average Bonchev–Trinajstić information content (AvgIpc) is 3.37. The zero-order valence-electron chi connectivity index (χ0n) is 24.8. The maximum absolute atomic E-state index is 13.2. The first-order valence-electron chi connectivity index (χ1n) is 15.9. The van der Waals surface area contributed by atoms with E-state index in [0.29, 0.717) is 23.1 Å². The number of sulfonamides is 1. The smallest absolute Gasteiger partial charge is 0.261 e. The highest BCUT2D eigenvalue weighted by atomic mass is 32.2. The highest BCUT2D eigenvalue weighted by Crippen LogP contribution is 2.31. The Morgan fingerprint density at radius 1 is 0.837 bits per heavy atom. The third-order valence-electron chi connectivity index (χ3n) is 9.49. The van der Waals surface area contributed by atoms with E-state index >= 15 is 0 Å². The lowest BCUT2D eigenvalue weighted by molar-refractivity contribution is 0.0664. The molecule has 1 aliphatic carbocycles. The topological polar surface area (TPSA) is 128 Å². The van der Waals surface area contributed by atoms with Crippen molar-refractivity contribution < 1.29 is 18.0 Å². The van der Waals surface area contributed by atoms with Gasteiger partial charge in [0.1, 0.15) is 5.82 Å². The summed E-state index contributed by atoms with van der Waals surface area (Å²) in [6.45, 7) is 2.94. The SMILES string of the molecule is O=C1c2ccccc2C(=O)N1CCS(=O)(=O)NC[C@@H]1[C@@H](Nc2nccc(N3CCCCCC3)n2)CCN1C1CCCCC1. The standard InChI is InChI=1S/C31H43N7O4S/c39-29-24-12-6-7-13-25(24)30(40)38(29)20-21-43(41,42)33-22-27-26(15-19-37(27)23-10-4-3-5-11-23)34-31-32-16-14-28(35-31)36-17-8-1-2-9-18-36/h6-7,12-14,16,23,26-27,33H,1-5,8-11,15,17-22H2,(H,32,34,35)/t26-,27+/m0/s1. The minimum atomic E-state index is -3.75. The van der Waals surface area contributed by atoms with Crippen molar-refractivity contribution in [2.45, 2.75) is 82.3 Å². The molecule has 12 heteroatoms. The van der Waals surface area contributed by atoms with E-state index in [9.17, 15) is 18.0 Å². The Bertz CT molecular complexity index is 1370. The Kier molecular flexibility index (Phi) is 9.25. The lowest BCUT2D eigenvalue weighted by Gasteiger charge is -2.37. The normalized spacial score (nSPS) is 23.9. The second kappa shape index (κ2) is 13.3. The van der Waals surface area contributed by atoms with Crippen LogP contribution < -0.4 is 14.9 Å². The lowest BCUT2D eigenvalue weighted by atomic mass is 9.93. The van der Waals surface area contributed by atoms with Crippen molar-refractivity contribution in [3.05, 3.63) is 47.7 Å². The van der Waals surface area contributed by atoms with Crippen molar-refractivity contribution in [1.29, 1.82) is 0 Å². The van der Waals surface area contributed by atoms with Gasteiger partial charge in [0.05, 0.1) is 16.9 Å². The number of amides is 2. The zero-order chi connectivity index (χ0) is 29.8. The highest BCUT2D eigenvalue weighted by molar-refractivity contribution is 7.89. The summed E-state index contributed by atoms with van der Waals surface area (Å²) in [6, 6.07) is 8.92. The predicted octanol–water partition coefficient (Wildman–Crippen LogP) is 3.26. The second-order valence-electron chi connectivity index (χ2n) is 12.3. The molecule has 2 amide bonds. The van der Waals surface area contributed by atoms with Gasteiger partial charge in [-0.05, 0) is 50.3 Å². The predicted molar refractivity (Wildman–Crippen MR) is 166 cm³/mol. The van der Waals surface area contributed by atoms with Crippen LogP contribution in [0.3, 0.4) is 0 Å². The number of likely N-dealkylation sites (tertiary alicyclic amines) is 1. The van der Waals surface area contributed by atoms with E-state index < -0.39 is 21.8 Å². The van der Waals surface area contributed by atoms with Crippen LogP contribution in [0.25, 0.3) is 0 Å². The van der Waals surface area contributed by atoms with Gasteiger partial charge < -0.3 is 10.2 Å². The Balaban J connectivity index is 1.12. The fraction of sp³-hybridized carbons (Fsp3) is 0.613. The van der Waals surface area contributed by atoms with Gasteiger partial charge in [-0.25, -0.2) is 18.1 Å². The van der Waals surface area contributed by atoms with E-state index in [4.69, 9.17) is 4.98 Å². The van der Waals surface area contributed by atoms with Gasteiger partial charge in [0.2, 0.25) is 16.0 Å². The summed E-state index contributed by atoms with van der Waals surface area (Å²) in [5.41, 5.74) is 0.644. The van der Waals surface area contributed by atoms with E-state index in [-0.39, 0.29) is 30.9 Å². The van der Waals surface area contributed by atoms with Crippen molar-refractivity contribution in [2.75, 3.05) is 48.7 Å². The Hall–Kier alpha value is -3.09. The van der Waals surface area contributed by atoms with Crippen molar-refractivity contribution in [3.63, 3.8) is 0 Å². The molecule has 43 heavy (non-hydrogen) atoms. The van der Waals surface area contributed by atoms with E-state index in [1.165, 1.54) is 44.9 Å². The number of nitrogens with zero attached hydrogens (tertiary/aromatic N) is 5. The van der Waals surface area contributed by atoms with Crippen LogP contribution >= 0.6 is 0 Å². The van der Waals surface area contributed by atoms with E-state index in [1.807, 2.05) is 6.07 Å². The number of imide groups is 1. The minimum Gasteiger partial charge on any atom is -0.356 e. The number of carbonyl (C=O) groups excluding carboxylic acids is 2. The third-order valence-corrected chi connectivity index (χ3v) is 10.8. The van der Waals surface area contributed by atoms with Crippen LogP contribution in [-0.4, -0.2) is 96.6 Å². The molecule has 1 saturated carbocycles. The van der Waals surface area contributed by atoms with Crippen molar-refractivity contribution >= 4 is 33.6 Å². The molecule has 4 aliphatic rings. The molecular formula is C31H43N7O4S. The molecule has 2 atom stereocenters. The van der Waals surface area contributed by atoms with Crippen molar-refractivity contribution in [2.24, 2.45) is 0 Å². The highest BCUT2D eigenvalue weighted by Gasteiger charge is 2.40. The molecule has 0 radical (unpaired) electrons. The fourth-order valence-electron chi connectivity index (χ4n) is 7.17. The molecule has 4 heterocycles. The number of benzene rings is 1. The van der Waals surface area contributed by atoms with Gasteiger partial charge in [-0.2, -0.15) is 4.98 Å². The molecule has 2 N–H and O–H groups in total. The zero-order valence-corrected chi connectivity index (χ0v) is 25.6. The molecule has 0 unspecified atom stereocenters. The first-order chi connectivity index (χ1) is 20.9. The number of fused-ring (bicyclic) bond motifs is 1. The van der Waals surface area contributed by atoms with Gasteiger partial charge in [-0.1, -0.05) is 44.2 Å². The summed E-state index contributed by atoms with van der Waals surface area (Å²) >= 11 is 0. The summed E-state index contributed by atoms with van der Waals surface area (Å²) in [5.74, 6) is 0.291. The third kappa shape index (κ3) is 6.86. The van der Waals surface area contributed by atoms with Crippen LogP contribution in [0.1, 0.15) is 84.9 Å². The molecule has 0 bridgehead atoms. The van der Waals surface area contributed by atoms with Crippen LogP contribution in [0, 0.1) is 0 Å². The Morgan fingerprint density at radius 2 is 1.51 bits per heavy atom. The van der Waals surface area contributed by atoms with E-state index in [2.05, 4.69) is 24.8 Å². The number of carbonyl (C=O) groups is 2. The lowest BCUT2D eigenvalue weighted by Crippen LogP contribution is -2.51. The number of nitrogens with one attached hydrogen (secondary N) is 2. The number of hydrogen-bond acceptors (Lipinski definition) is 9. The molecule has 0 spiro atoms. The summed E-state index contributed by atoms with van der Waals surface area (Å²) in [6.07, 6.45) is 13.4. The largest absolute Gasteiger partial charge is 0.356 e. The van der Waals surface area contributed by atoms with Crippen LogP contribution in [0.5, 0.6) is 0 Å². The second-order valence-corrected chi connectivity index (χ2v) is 14.2. The molecule has 1 aromatic heterocycles. The summed E-state index contributed by atoms with van der Waals surface area (Å²) in [7, 11) is -3.75. The van der Waals surface area contributed by atoms with Gasteiger partial charge in [-0.3, -0.25) is 19.4 Å². The molecule has 3 aliphatic heterocycles. The van der Waals surface area contributed by atoms with Gasteiger partial charge in [0, 0.05) is 57.0 Å². The van der Waals surface area contributed by atoms with Crippen LogP contribution in [0.4, 0.5) is 11.8 Å². The van der Waals surface area contributed by atoms with Crippen LogP contribution in [0.2, 0.25) is 0 Å². The molecule has 232 valence electrons. The number of aromatic nitrogens is 2. The van der Waals surface area contributed by atoms with Gasteiger partial charge >= 0.3 is 0 Å². The minimum absolute atomic E-state index is 0.0137. The molecule has 1 aromatic carbocycles. The van der Waals surface area contributed by atoms with Crippen LogP contribution in [-0.2, 0) is 10.0 Å². The maximum atomic E-state index is 13.2. The first kappa shape index (κ1) is 30.0. The number of rotatable bonds is 10. The maximum Gasteiger partial charge on any atom is 0.261 e. The van der Waals surface area contributed by atoms with E-state index in [1.54, 1.807) is 30.5 Å². The van der Waals surface area contributed by atoms with Crippen molar-refractivity contribution in [1.82, 2.24) is 24.5 Å². The van der Waals surface area contributed by atoms with Gasteiger partial charge in [0.25, 0.3) is 11.8 Å². The van der Waals surface area contributed by atoms with E-state index in [0.717, 1.165) is 49.6 Å². The summed E-state index contributed by atoms with van der Waals surface area (Å²) in [4.78, 5) is 40.7. The summed E-state index contributed by atoms with van der Waals surface area (Å²) < 4.78 is 29.2. The van der Waals surface area contributed by atoms with Gasteiger partial charge in [-0.15, -0.1) is 0 Å². The fourth-order valence-corrected chi connectivity index (χ4v) is 8.16. The molecular weight excluding hydrogens is 566 g/mol. The Morgan fingerprint density at radius 3 is 2.21 bits per heavy atom. The summed E-state index contributed by atoms with van der Waals surface area (Å²) in [5, 5.41) is 3.57. The van der Waals surface area contributed by atoms with Crippen LogP contribution in [0.15, 0.2) is 36.5 Å². The number of hydrogen-bond donors (Lipinski definition) is 2. The van der Waals surface area contributed by atoms with Crippen molar-refractivity contribution in [3.8, 4) is 0 Å². The molecule has 6 rings (SSSR count). The first-order valence-corrected chi connectivity index (χ1v) is 17.6. The Labute approximate surface area is 254 Å². The quantitative estimate of drug-likeness (QED) is 0.390. The van der Waals surface area contributed by atoms with Gasteiger partial charge in [0.15, 0.2) is 0 Å². The molecule has 11 nitrogen and oxygen atoms in total. The molecule has 3 fully saturated rings. The monoisotopic (exact) mass is 609 g/mol. The molecule has 2 aromatic rings. The molecule has 2 saturated heterocycles. The average molecular weight is 610 g/mol.